The van der Waals surface area contributed by atoms with E-state index in [-0.39, 0.29) is 11.9 Å². The molecule has 5 heteroatoms. The maximum absolute atomic E-state index is 13.0. The molecule has 1 N–H and O–H groups in total. The Morgan fingerprint density at radius 3 is 2.94 bits per heavy atom. The van der Waals surface area contributed by atoms with Crippen LogP contribution in [-0.4, -0.2) is 11.5 Å². The maximum Gasteiger partial charge on any atom is 0.125 e. The van der Waals surface area contributed by atoms with Gasteiger partial charge in [0.1, 0.15) is 10.8 Å². The lowest BCUT2D eigenvalue weighted by molar-refractivity contribution is 0.606. The molecule has 2 aromatic rings. The molecule has 1 atom stereocenters. The van der Waals surface area contributed by atoms with Crippen LogP contribution < -0.4 is 5.32 Å². The molecule has 0 aliphatic rings. The summed E-state index contributed by atoms with van der Waals surface area (Å²) in [6, 6.07) is 4.64. The van der Waals surface area contributed by atoms with Crippen molar-refractivity contribution in [2.45, 2.75) is 19.9 Å². The molecule has 0 bridgehead atoms. The average Bonchev–Trinajstić information content (AvgIpc) is 2.78. The number of benzene rings is 1. The maximum atomic E-state index is 13.0. The van der Waals surface area contributed by atoms with E-state index in [4.69, 9.17) is 11.6 Å². The van der Waals surface area contributed by atoms with E-state index in [2.05, 4.69) is 24.1 Å². The Kier molecular flexibility index (Phi) is 4.32. The Morgan fingerprint density at radius 1 is 1.50 bits per heavy atom. The SMILES string of the molecule is CCNC(C)c1cnc(-c2ccc(F)cc2Cl)s1. The van der Waals surface area contributed by atoms with E-state index in [1.54, 1.807) is 17.4 Å². The van der Waals surface area contributed by atoms with Gasteiger partial charge >= 0.3 is 0 Å². The first-order valence-corrected chi connectivity index (χ1v) is 6.95. The van der Waals surface area contributed by atoms with Crippen LogP contribution in [0.5, 0.6) is 0 Å². The fourth-order valence-corrected chi connectivity index (χ4v) is 2.98. The van der Waals surface area contributed by atoms with Crippen molar-refractivity contribution in [3.05, 3.63) is 40.1 Å². The monoisotopic (exact) mass is 284 g/mol. The molecule has 0 spiro atoms. The number of aromatic nitrogens is 1. The van der Waals surface area contributed by atoms with Crippen LogP contribution in [0, 0.1) is 5.82 Å². The summed E-state index contributed by atoms with van der Waals surface area (Å²) in [7, 11) is 0. The Labute approximate surface area is 115 Å². The van der Waals surface area contributed by atoms with Gasteiger partial charge in [-0.3, -0.25) is 0 Å². The zero-order valence-corrected chi connectivity index (χ0v) is 11.8. The van der Waals surface area contributed by atoms with Crippen LogP contribution in [-0.2, 0) is 0 Å². The predicted octanol–water partition coefficient (Wildman–Crippen LogP) is 4.27. The number of hydrogen-bond donors (Lipinski definition) is 1. The largest absolute Gasteiger partial charge is 0.310 e. The summed E-state index contributed by atoms with van der Waals surface area (Å²) in [4.78, 5) is 5.50. The number of thiazole rings is 1. The van der Waals surface area contributed by atoms with Crippen molar-refractivity contribution in [2.24, 2.45) is 0 Å². The number of halogens is 2. The standard InChI is InChI=1S/C13H14ClFN2S/c1-3-16-8(2)12-7-17-13(18-12)10-5-4-9(15)6-11(10)14/h4-8,16H,3H2,1-2H3. The highest BCUT2D eigenvalue weighted by Gasteiger charge is 2.12. The van der Waals surface area contributed by atoms with Crippen LogP contribution in [0.15, 0.2) is 24.4 Å². The molecular formula is C13H14ClFN2S. The predicted molar refractivity (Wildman–Crippen MR) is 74.6 cm³/mol. The fourth-order valence-electron chi connectivity index (χ4n) is 1.68. The third kappa shape index (κ3) is 2.88. The van der Waals surface area contributed by atoms with Gasteiger partial charge in [0.25, 0.3) is 0 Å². The van der Waals surface area contributed by atoms with Gasteiger partial charge in [-0.1, -0.05) is 18.5 Å². The Morgan fingerprint density at radius 2 is 2.28 bits per heavy atom. The van der Waals surface area contributed by atoms with Gasteiger partial charge in [0.15, 0.2) is 0 Å². The molecule has 2 nitrogen and oxygen atoms in total. The summed E-state index contributed by atoms with van der Waals surface area (Å²) in [5, 5.41) is 4.54. The van der Waals surface area contributed by atoms with E-state index in [0.29, 0.717) is 5.02 Å². The fraction of sp³-hybridized carbons (Fsp3) is 0.308. The van der Waals surface area contributed by atoms with Gasteiger partial charge in [-0.25, -0.2) is 9.37 Å². The molecule has 1 heterocycles. The molecule has 0 aliphatic carbocycles. The number of rotatable bonds is 4. The summed E-state index contributed by atoms with van der Waals surface area (Å²) in [6.07, 6.45) is 1.84. The average molecular weight is 285 g/mol. The highest BCUT2D eigenvalue weighted by atomic mass is 35.5. The Bertz CT molecular complexity index is 542. The molecule has 0 saturated carbocycles. The van der Waals surface area contributed by atoms with Crippen molar-refractivity contribution in [3.63, 3.8) is 0 Å². The molecule has 0 radical (unpaired) electrons. The second-order valence-electron chi connectivity index (χ2n) is 3.97. The molecule has 1 aromatic heterocycles. The van der Waals surface area contributed by atoms with Gasteiger partial charge < -0.3 is 5.32 Å². The van der Waals surface area contributed by atoms with Gasteiger partial charge in [-0.05, 0) is 31.7 Å². The third-order valence-corrected chi connectivity index (χ3v) is 4.15. The quantitative estimate of drug-likeness (QED) is 0.907. The topological polar surface area (TPSA) is 24.9 Å². The first-order chi connectivity index (χ1) is 8.61. The minimum Gasteiger partial charge on any atom is -0.310 e. The normalized spacial score (nSPS) is 12.7. The van der Waals surface area contributed by atoms with Crippen molar-refractivity contribution < 1.29 is 4.39 Å². The summed E-state index contributed by atoms with van der Waals surface area (Å²) in [5.74, 6) is -0.332. The van der Waals surface area contributed by atoms with E-state index in [1.165, 1.54) is 12.1 Å². The molecule has 0 amide bonds. The van der Waals surface area contributed by atoms with Crippen molar-refractivity contribution in [1.82, 2.24) is 10.3 Å². The highest BCUT2D eigenvalue weighted by Crippen LogP contribution is 2.33. The Balaban J connectivity index is 2.29. The molecule has 2 rings (SSSR count). The lowest BCUT2D eigenvalue weighted by Gasteiger charge is -2.08. The molecular weight excluding hydrogens is 271 g/mol. The molecule has 96 valence electrons. The second kappa shape index (κ2) is 5.78. The van der Waals surface area contributed by atoms with Gasteiger partial charge in [-0.2, -0.15) is 0 Å². The van der Waals surface area contributed by atoms with Crippen molar-refractivity contribution >= 4 is 22.9 Å². The lowest BCUT2D eigenvalue weighted by Crippen LogP contribution is -2.16. The molecule has 1 unspecified atom stereocenters. The molecule has 1 aromatic carbocycles. The van der Waals surface area contributed by atoms with E-state index in [0.717, 1.165) is 22.0 Å². The minimum atomic E-state index is -0.332. The van der Waals surface area contributed by atoms with Crippen molar-refractivity contribution in [1.29, 1.82) is 0 Å². The van der Waals surface area contributed by atoms with Crippen LogP contribution >= 0.6 is 22.9 Å². The molecule has 0 saturated heterocycles. The third-order valence-electron chi connectivity index (χ3n) is 2.62. The van der Waals surface area contributed by atoms with Crippen LogP contribution in [0.4, 0.5) is 4.39 Å². The van der Waals surface area contributed by atoms with Crippen LogP contribution in [0.2, 0.25) is 5.02 Å². The summed E-state index contributed by atoms with van der Waals surface area (Å²) < 4.78 is 13.0. The van der Waals surface area contributed by atoms with Gasteiger partial charge in [0.05, 0.1) is 5.02 Å². The number of nitrogens with one attached hydrogen (secondary N) is 1. The van der Waals surface area contributed by atoms with Gasteiger partial charge in [0.2, 0.25) is 0 Å². The van der Waals surface area contributed by atoms with Crippen LogP contribution in [0.3, 0.4) is 0 Å². The summed E-state index contributed by atoms with van der Waals surface area (Å²) >= 11 is 7.60. The first kappa shape index (κ1) is 13.5. The summed E-state index contributed by atoms with van der Waals surface area (Å²) in [5.41, 5.74) is 0.776. The number of hydrogen-bond acceptors (Lipinski definition) is 3. The van der Waals surface area contributed by atoms with Crippen molar-refractivity contribution in [3.8, 4) is 10.6 Å². The highest BCUT2D eigenvalue weighted by molar-refractivity contribution is 7.15. The zero-order chi connectivity index (χ0) is 13.1. The second-order valence-corrected chi connectivity index (χ2v) is 5.44. The Hall–Kier alpha value is -0.970. The molecule has 0 aliphatic heterocycles. The van der Waals surface area contributed by atoms with Crippen LogP contribution in [0.1, 0.15) is 24.8 Å². The minimum absolute atomic E-state index is 0.264. The zero-order valence-electron chi connectivity index (χ0n) is 10.2. The van der Waals surface area contributed by atoms with Crippen LogP contribution in [0.25, 0.3) is 10.6 Å². The van der Waals surface area contributed by atoms with Crippen molar-refractivity contribution in [2.75, 3.05) is 6.54 Å². The van der Waals surface area contributed by atoms with E-state index in [9.17, 15) is 4.39 Å². The molecule has 0 fully saturated rings. The number of nitrogens with zero attached hydrogens (tertiary/aromatic N) is 1. The van der Waals surface area contributed by atoms with E-state index in [1.807, 2.05) is 6.20 Å². The first-order valence-electron chi connectivity index (χ1n) is 5.76. The van der Waals surface area contributed by atoms with Gasteiger partial charge in [-0.15, -0.1) is 11.3 Å². The smallest absolute Gasteiger partial charge is 0.125 e. The van der Waals surface area contributed by atoms with E-state index < -0.39 is 0 Å². The van der Waals surface area contributed by atoms with Gasteiger partial charge in [0, 0.05) is 22.7 Å². The lowest BCUT2D eigenvalue weighted by atomic mass is 10.2. The summed E-state index contributed by atoms with van der Waals surface area (Å²) in [6.45, 7) is 5.06. The van der Waals surface area contributed by atoms with E-state index >= 15 is 0 Å². The molecule has 18 heavy (non-hydrogen) atoms.